The van der Waals surface area contributed by atoms with Gasteiger partial charge in [0.15, 0.2) is 0 Å². The summed E-state index contributed by atoms with van der Waals surface area (Å²) in [7, 11) is 1.77. The van der Waals surface area contributed by atoms with Crippen molar-refractivity contribution in [1.29, 1.82) is 0 Å². The largest absolute Gasteiger partial charge is 0.384 e. The summed E-state index contributed by atoms with van der Waals surface area (Å²) in [5, 5.41) is 4.51. The van der Waals surface area contributed by atoms with Crippen LogP contribution in [0.3, 0.4) is 0 Å². The van der Waals surface area contributed by atoms with Crippen LogP contribution in [0.15, 0.2) is 47.5 Å². The third-order valence-corrected chi connectivity index (χ3v) is 6.47. The fraction of sp³-hybridized carbons (Fsp3) is 0.458. The Balaban J connectivity index is 1.67. The van der Waals surface area contributed by atoms with Crippen molar-refractivity contribution in [3.8, 4) is 0 Å². The van der Waals surface area contributed by atoms with Crippen molar-refractivity contribution in [2.45, 2.75) is 51.5 Å². The number of halogens is 1. The van der Waals surface area contributed by atoms with E-state index in [9.17, 15) is 0 Å². The first-order chi connectivity index (χ1) is 13.7. The minimum Gasteiger partial charge on any atom is -0.384 e. The molecular weight excluding hydrogens is 368 g/mol. The molecule has 4 heteroatoms. The van der Waals surface area contributed by atoms with Crippen LogP contribution in [0.2, 0.25) is 5.02 Å². The molecule has 0 bridgehead atoms. The molecule has 4 rings (SSSR count). The van der Waals surface area contributed by atoms with Crippen LogP contribution in [-0.4, -0.2) is 19.6 Å². The number of amidine groups is 1. The van der Waals surface area contributed by atoms with Crippen molar-refractivity contribution in [2.75, 3.05) is 19.0 Å². The lowest BCUT2D eigenvalue weighted by molar-refractivity contribution is 0.201. The number of hydrogen-bond acceptors (Lipinski definition) is 2. The van der Waals surface area contributed by atoms with Gasteiger partial charge in [-0.3, -0.25) is 4.99 Å². The molecule has 1 aliphatic heterocycles. The Hall–Kier alpha value is -1.84. The molecule has 1 spiro atoms. The Morgan fingerprint density at radius 3 is 2.71 bits per heavy atom. The van der Waals surface area contributed by atoms with Gasteiger partial charge in [0.25, 0.3) is 0 Å². The van der Waals surface area contributed by atoms with Gasteiger partial charge >= 0.3 is 0 Å². The maximum atomic E-state index is 6.16. The Morgan fingerprint density at radius 2 is 1.93 bits per heavy atom. The van der Waals surface area contributed by atoms with Crippen LogP contribution in [0, 0.1) is 5.41 Å². The minimum atomic E-state index is 0.146. The number of rotatable bonds is 5. The van der Waals surface area contributed by atoms with Crippen molar-refractivity contribution in [3.05, 3.63) is 64.2 Å². The third kappa shape index (κ3) is 4.11. The van der Waals surface area contributed by atoms with Gasteiger partial charge < -0.3 is 10.1 Å². The van der Waals surface area contributed by atoms with E-state index in [0.717, 1.165) is 30.0 Å². The van der Waals surface area contributed by atoms with Crippen LogP contribution in [0.25, 0.3) is 0 Å². The van der Waals surface area contributed by atoms with Crippen LogP contribution in [-0.2, 0) is 24.1 Å². The first-order valence-electron chi connectivity index (χ1n) is 10.4. The molecule has 28 heavy (non-hydrogen) atoms. The molecule has 1 saturated carbocycles. The molecular formula is C24H29ClN2O. The van der Waals surface area contributed by atoms with Crippen LogP contribution in [0.5, 0.6) is 0 Å². The maximum Gasteiger partial charge on any atom is 0.108 e. The third-order valence-electron chi connectivity index (χ3n) is 6.24. The van der Waals surface area contributed by atoms with Crippen LogP contribution in [0.4, 0.5) is 5.69 Å². The zero-order chi connectivity index (χ0) is 19.4. The van der Waals surface area contributed by atoms with Gasteiger partial charge in [0, 0.05) is 23.2 Å². The Labute approximate surface area is 173 Å². The molecule has 1 fully saturated rings. The van der Waals surface area contributed by atoms with Gasteiger partial charge in [-0.15, -0.1) is 0 Å². The number of nitrogens with one attached hydrogen (secondary N) is 1. The van der Waals surface area contributed by atoms with Crippen molar-refractivity contribution >= 4 is 23.1 Å². The maximum absolute atomic E-state index is 6.16. The monoisotopic (exact) mass is 396 g/mol. The molecule has 2 aromatic rings. The van der Waals surface area contributed by atoms with E-state index in [1.165, 1.54) is 54.8 Å². The molecule has 1 N–H and O–H groups in total. The highest BCUT2D eigenvalue weighted by molar-refractivity contribution is 6.30. The normalized spacial score (nSPS) is 19.4. The smallest absolute Gasteiger partial charge is 0.108 e. The highest BCUT2D eigenvalue weighted by Crippen LogP contribution is 2.46. The number of anilines is 1. The number of aliphatic imine (C=N–C) groups is 1. The lowest BCUT2D eigenvalue weighted by Gasteiger charge is -2.43. The number of fused-ring (bicyclic) bond motifs is 1. The van der Waals surface area contributed by atoms with Gasteiger partial charge in [-0.1, -0.05) is 55.1 Å². The number of methoxy groups -OCH3 is 1. The Kier molecular flexibility index (Phi) is 6.03. The number of nitrogens with zero attached hydrogens (tertiary/aromatic N) is 1. The van der Waals surface area contributed by atoms with E-state index >= 15 is 0 Å². The predicted molar refractivity (Wildman–Crippen MR) is 117 cm³/mol. The van der Waals surface area contributed by atoms with Crippen LogP contribution >= 0.6 is 11.6 Å². The number of benzene rings is 2. The molecule has 0 aromatic heterocycles. The quantitative estimate of drug-likeness (QED) is 0.667. The average molecular weight is 397 g/mol. The molecule has 2 aliphatic rings. The second-order valence-electron chi connectivity index (χ2n) is 8.12. The van der Waals surface area contributed by atoms with Gasteiger partial charge in [-0.2, -0.15) is 0 Å². The van der Waals surface area contributed by atoms with Crippen molar-refractivity contribution in [3.63, 3.8) is 0 Å². The van der Waals surface area contributed by atoms with E-state index in [2.05, 4.69) is 29.6 Å². The second-order valence-corrected chi connectivity index (χ2v) is 8.56. The van der Waals surface area contributed by atoms with E-state index < -0.39 is 0 Å². The molecule has 2 aromatic carbocycles. The van der Waals surface area contributed by atoms with E-state index in [1.54, 1.807) is 7.11 Å². The lowest BCUT2D eigenvalue weighted by Crippen LogP contribution is -2.44. The molecule has 3 nitrogen and oxygen atoms in total. The second kappa shape index (κ2) is 8.67. The first-order valence-corrected chi connectivity index (χ1v) is 10.7. The Morgan fingerprint density at radius 1 is 1.11 bits per heavy atom. The van der Waals surface area contributed by atoms with Gasteiger partial charge in [-0.05, 0) is 60.6 Å². The number of hydrogen-bond donors (Lipinski definition) is 1. The van der Waals surface area contributed by atoms with E-state index in [0.29, 0.717) is 6.54 Å². The number of ether oxygens (including phenoxy) is 1. The zero-order valence-corrected chi connectivity index (χ0v) is 17.4. The van der Waals surface area contributed by atoms with E-state index in [4.69, 9.17) is 21.3 Å². The summed E-state index contributed by atoms with van der Waals surface area (Å²) in [5.74, 6) is 1.17. The molecule has 148 valence electrons. The van der Waals surface area contributed by atoms with Crippen LogP contribution in [0.1, 0.15) is 48.8 Å². The lowest BCUT2D eigenvalue weighted by atomic mass is 9.67. The van der Waals surface area contributed by atoms with Gasteiger partial charge in [0.1, 0.15) is 5.84 Å². The molecule has 1 aliphatic carbocycles. The summed E-state index contributed by atoms with van der Waals surface area (Å²) in [6.45, 7) is 1.43. The van der Waals surface area contributed by atoms with Crippen molar-refractivity contribution in [2.24, 2.45) is 10.4 Å². The zero-order valence-electron chi connectivity index (χ0n) is 16.6. The highest BCUT2D eigenvalue weighted by Gasteiger charge is 2.41. The topological polar surface area (TPSA) is 33.6 Å². The Bertz CT molecular complexity index is 855. The van der Waals surface area contributed by atoms with Crippen LogP contribution < -0.4 is 5.32 Å². The van der Waals surface area contributed by atoms with E-state index in [-0.39, 0.29) is 5.41 Å². The summed E-state index contributed by atoms with van der Waals surface area (Å²) in [6, 6.07) is 14.6. The summed E-state index contributed by atoms with van der Waals surface area (Å²) in [4.78, 5) is 5.08. The molecule has 0 radical (unpaired) electrons. The van der Waals surface area contributed by atoms with E-state index in [1.807, 2.05) is 18.2 Å². The van der Waals surface area contributed by atoms with Gasteiger partial charge in [-0.25, -0.2) is 0 Å². The molecule has 0 unspecified atom stereocenters. The summed E-state index contributed by atoms with van der Waals surface area (Å²) < 4.78 is 5.34. The molecule has 0 atom stereocenters. The standard InChI is InChI=1S/C24H29ClN2O/c1-28-14-11-19-8-6-10-22-21(19)16-24(12-3-2-4-13-24)23(27-22)26-17-18-7-5-9-20(25)15-18/h5-10,15H,2-4,11-14,16-17H2,1H3,(H,26,27). The average Bonchev–Trinajstić information content (AvgIpc) is 2.71. The summed E-state index contributed by atoms with van der Waals surface area (Å²) in [6.07, 6.45) is 8.39. The van der Waals surface area contributed by atoms with Gasteiger partial charge in [0.05, 0.1) is 13.2 Å². The predicted octanol–water partition coefficient (Wildman–Crippen LogP) is 6.05. The first kappa shape index (κ1) is 19.5. The summed E-state index contributed by atoms with van der Waals surface area (Å²) >= 11 is 6.16. The fourth-order valence-electron chi connectivity index (χ4n) is 4.74. The molecule has 1 heterocycles. The SMILES string of the molecule is COCCc1cccc2c1CC1(CCCCC1)C(=NCc1cccc(Cl)c1)N2. The molecule has 0 amide bonds. The van der Waals surface area contributed by atoms with Gasteiger partial charge in [0.2, 0.25) is 0 Å². The van der Waals surface area contributed by atoms with Crippen molar-refractivity contribution < 1.29 is 4.74 Å². The molecule has 0 saturated heterocycles. The highest BCUT2D eigenvalue weighted by atomic mass is 35.5. The summed E-state index contributed by atoms with van der Waals surface area (Å²) in [5.41, 5.74) is 5.39. The minimum absolute atomic E-state index is 0.146. The van der Waals surface area contributed by atoms with Crippen molar-refractivity contribution in [1.82, 2.24) is 0 Å². The fourth-order valence-corrected chi connectivity index (χ4v) is 4.96.